The Labute approximate surface area is 117 Å². The summed E-state index contributed by atoms with van der Waals surface area (Å²) in [4.78, 5) is 13.7. The van der Waals surface area contributed by atoms with Gasteiger partial charge in [0.2, 0.25) is 0 Å². The van der Waals surface area contributed by atoms with E-state index < -0.39 is 14.9 Å². The summed E-state index contributed by atoms with van der Waals surface area (Å²) in [5.41, 5.74) is -0.446. The first-order valence-corrected chi connectivity index (χ1v) is 7.45. The van der Waals surface area contributed by atoms with Crippen LogP contribution >= 0.6 is 22.9 Å². The second kappa shape index (κ2) is 5.11. The Hall–Kier alpha value is -1.71. The molecule has 2 rings (SSSR count). The van der Waals surface area contributed by atoms with Gasteiger partial charge < -0.3 is 0 Å². The Balaban J connectivity index is 2.39. The predicted molar refractivity (Wildman–Crippen MR) is 71.0 cm³/mol. The highest BCUT2D eigenvalue weighted by Gasteiger charge is 2.22. The lowest BCUT2D eigenvalue weighted by molar-refractivity contribution is -0.383. The number of aromatic nitrogens is 1. The van der Waals surface area contributed by atoms with Crippen LogP contribution in [0.3, 0.4) is 0 Å². The largest absolute Gasteiger partial charge is 0.293 e. The number of para-hydroxylation sites is 2. The van der Waals surface area contributed by atoms with Crippen molar-refractivity contribution in [1.29, 1.82) is 0 Å². The summed E-state index contributed by atoms with van der Waals surface area (Å²) < 4.78 is 26.0. The molecule has 19 heavy (non-hydrogen) atoms. The number of rotatable bonds is 4. The molecule has 0 bridgehead atoms. The highest BCUT2D eigenvalue weighted by molar-refractivity contribution is 7.94. The second-order valence-corrected chi connectivity index (χ2v) is 6.83. The van der Waals surface area contributed by atoms with E-state index >= 15 is 0 Å². The number of nitrogens with one attached hydrogen (secondary N) is 1. The molecule has 1 aromatic heterocycles. The zero-order chi connectivity index (χ0) is 14.0. The maximum atomic E-state index is 12.0. The first-order chi connectivity index (χ1) is 8.90. The van der Waals surface area contributed by atoms with Gasteiger partial charge in [-0.2, -0.15) is 0 Å². The van der Waals surface area contributed by atoms with Crippen molar-refractivity contribution in [2.24, 2.45) is 0 Å². The molecule has 1 N–H and O–H groups in total. The number of nitro groups is 1. The van der Waals surface area contributed by atoms with Crippen LogP contribution in [0.25, 0.3) is 0 Å². The smallest absolute Gasteiger partial charge is 0.272 e. The number of halogens is 1. The molecule has 0 atom stereocenters. The molecule has 10 heteroatoms. The van der Waals surface area contributed by atoms with Crippen molar-refractivity contribution in [3.8, 4) is 0 Å². The molecule has 0 radical (unpaired) electrons. The van der Waals surface area contributed by atoms with Gasteiger partial charge in [-0.3, -0.25) is 14.8 Å². The molecular weight excluding hydrogens is 314 g/mol. The monoisotopic (exact) mass is 319 g/mol. The minimum absolute atomic E-state index is 0.0722. The Morgan fingerprint density at radius 2 is 2.05 bits per heavy atom. The molecule has 0 fully saturated rings. The molecule has 0 aliphatic heterocycles. The van der Waals surface area contributed by atoms with Crippen molar-refractivity contribution in [2.75, 3.05) is 4.72 Å². The predicted octanol–water partition coefficient (Wildman–Crippen LogP) is 2.51. The highest BCUT2D eigenvalue weighted by Crippen LogP contribution is 2.28. The van der Waals surface area contributed by atoms with E-state index in [2.05, 4.69) is 9.71 Å². The van der Waals surface area contributed by atoms with E-state index in [1.54, 1.807) is 0 Å². The van der Waals surface area contributed by atoms with Crippen molar-refractivity contribution in [3.63, 3.8) is 0 Å². The Kier molecular flexibility index (Phi) is 3.69. The van der Waals surface area contributed by atoms with E-state index in [9.17, 15) is 18.5 Å². The SMILES string of the molecule is O=[N+]([O-])c1ccccc1NS(=O)(=O)c1cnc(Cl)s1. The highest BCUT2D eigenvalue weighted by atomic mass is 35.5. The quantitative estimate of drug-likeness (QED) is 0.689. The fraction of sp³-hybridized carbons (Fsp3) is 0. The summed E-state index contributed by atoms with van der Waals surface area (Å²) in [5.74, 6) is 0. The molecule has 1 heterocycles. The maximum Gasteiger partial charge on any atom is 0.293 e. The first kappa shape index (κ1) is 13.7. The van der Waals surface area contributed by atoms with Crippen molar-refractivity contribution in [3.05, 3.63) is 45.0 Å². The second-order valence-electron chi connectivity index (χ2n) is 3.31. The van der Waals surface area contributed by atoms with Crippen LogP contribution in [0.4, 0.5) is 11.4 Å². The third kappa shape index (κ3) is 3.00. The Morgan fingerprint density at radius 3 is 2.63 bits per heavy atom. The van der Waals surface area contributed by atoms with Gasteiger partial charge in [-0.25, -0.2) is 13.4 Å². The summed E-state index contributed by atoms with van der Waals surface area (Å²) in [6.45, 7) is 0. The van der Waals surface area contributed by atoms with E-state index in [1.807, 2.05) is 0 Å². The lowest BCUT2D eigenvalue weighted by Gasteiger charge is -2.05. The van der Waals surface area contributed by atoms with E-state index in [-0.39, 0.29) is 20.1 Å². The number of thiazole rings is 1. The summed E-state index contributed by atoms with van der Waals surface area (Å²) in [7, 11) is -3.93. The number of sulfonamides is 1. The molecule has 1 aromatic carbocycles. The number of hydrogen-bond donors (Lipinski definition) is 1. The summed E-state index contributed by atoms with van der Waals surface area (Å²) >= 11 is 6.32. The molecular formula is C9H6ClN3O4S2. The van der Waals surface area contributed by atoms with Gasteiger partial charge in [0.25, 0.3) is 15.7 Å². The fourth-order valence-electron chi connectivity index (χ4n) is 1.28. The van der Waals surface area contributed by atoms with Gasteiger partial charge in [-0.05, 0) is 6.07 Å². The number of anilines is 1. The van der Waals surface area contributed by atoms with Crippen molar-refractivity contribution < 1.29 is 13.3 Å². The van der Waals surface area contributed by atoms with E-state index in [0.717, 1.165) is 17.5 Å². The Bertz CT molecular complexity index is 729. The van der Waals surface area contributed by atoms with E-state index in [1.165, 1.54) is 24.3 Å². The molecule has 7 nitrogen and oxygen atoms in total. The normalized spacial score (nSPS) is 11.2. The van der Waals surface area contributed by atoms with Gasteiger partial charge in [-0.1, -0.05) is 35.1 Å². The molecule has 100 valence electrons. The van der Waals surface area contributed by atoms with Gasteiger partial charge in [-0.15, -0.1) is 0 Å². The Morgan fingerprint density at radius 1 is 1.37 bits per heavy atom. The summed E-state index contributed by atoms with van der Waals surface area (Å²) in [6.07, 6.45) is 1.09. The minimum atomic E-state index is -3.93. The molecule has 0 unspecified atom stereocenters. The third-order valence-corrected chi connectivity index (χ3v) is 5.01. The summed E-state index contributed by atoms with van der Waals surface area (Å²) in [5, 5.41) is 10.8. The molecule has 0 aliphatic rings. The van der Waals surface area contributed by atoms with E-state index in [0.29, 0.717) is 0 Å². The lowest BCUT2D eigenvalue weighted by atomic mass is 10.3. The van der Waals surface area contributed by atoms with Gasteiger partial charge in [0.15, 0.2) is 8.68 Å². The lowest BCUT2D eigenvalue weighted by Crippen LogP contribution is -2.12. The average Bonchev–Trinajstić information content (AvgIpc) is 2.76. The molecule has 0 saturated carbocycles. The van der Waals surface area contributed by atoms with Gasteiger partial charge in [0.1, 0.15) is 5.69 Å². The number of nitrogens with zero attached hydrogens (tertiary/aromatic N) is 2. The summed E-state index contributed by atoms with van der Waals surface area (Å²) in [6, 6.07) is 5.44. The topological polar surface area (TPSA) is 102 Å². The van der Waals surface area contributed by atoms with Crippen LogP contribution in [-0.2, 0) is 10.0 Å². The van der Waals surface area contributed by atoms with Gasteiger partial charge >= 0.3 is 0 Å². The van der Waals surface area contributed by atoms with Crippen LogP contribution in [0.2, 0.25) is 4.47 Å². The van der Waals surface area contributed by atoms with Crippen molar-refractivity contribution in [2.45, 2.75) is 4.21 Å². The number of benzene rings is 1. The van der Waals surface area contributed by atoms with Crippen LogP contribution in [-0.4, -0.2) is 18.3 Å². The van der Waals surface area contributed by atoms with Gasteiger partial charge in [0.05, 0.1) is 11.1 Å². The van der Waals surface area contributed by atoms with Crippen LogP contribution in [0.1, 0.15) is 0 Å². The molecule has 0 spiro atoms. The maximum absolute atomic E-state index is 12.0. The molecule has 0 saturated heterocycles. The van der Waals surface area contributed by atoms with Gasteiger partial charge in [0, 0.05) is 6.07 Å². The zero-order valence-corrected chi connectivity index (χ0v) is 11.5. The number of hydrogen-bond acceptors (Lipinski definition) is 6. The first-order valence-electron chi connectivity index (χ1n) is 4.78. The van der Waals surface area contributed by atoms with Crippen molar-refractivity contribution in [1.82, 2.24) is 4.98 Å². The van der Waals surface area contributed by atoms with Crippen molar-refractivity contribution >= 4 is 44.3 Å². The standard InChI is InChI=1S/C9H6ClN3O4S2/c10-9-11-5-8(18-9)19(16,17)12-6-3-1-2-4-7(6)13(14)15/h1-5,12H. The van der Waals surface area contributed by atoms with Crippen LogP contribution in [0.5, 0.6) is 0 Å². The fourth-order valence-corrected chi connectivity index (χ4v) is 3.64. The molecule has 0 amide bonds. The van der Waals surface area contributed by atoms with Crippen LogP contribution in [0, 0.1) is 10.1 Å². The average molecular weight is 320 g/mol. The number of nitro benzene ring substituents is 1. The zero-order valence-electron chi connectivity index (χ0n) is 9.11. The van der Waals surface area contributed by atoms with E-state index in [4.69, 9.17) is 11.6 Å². The minimum Gasteiger partial charge on any atom is -0.272 e. The molecule has 2 aromatic rings. The van der Waals surface area contributed by atoms with Crippen LogP contribution < -0.4 is 4.72 Å². The van der Waals surface area contributed by atoms with Crippen LogP contribution in [0.15, 0.2) is 34.7 Å². The molecule has 0 aliphatic carbocycles. The third-order valence-electron chi connectivity index (χ3n) is 2.07.